The average Bonchev–Trinajstić information content (AvgIpc) is 2.73. The summed E-state index contributed by atoms with van der Waals surface area (Å²) in [5.41, 5.74) is 1.28. The quantitative estimate of drug-likeness (QED) is 0.617. The molecule has 0 aliphatic rings. The summed E-state index contributed by atoms with van der Waals surface area (Å²) in [7, 11) is 0. The van der Waals surface area contributed by atoms with Crippen molar-refractivity contribution in [2.75, 3.05) is 0 Å². The van der Waals surface area contributed by atoms with E-state index >= 15 is 0 Å². The van der Waals surface area contributed by atoms with Crippen LogP contribution in [0.2, 0.25) is 0 Å². The van der Waals surface area contributed by atoms with Crippen LogP contribution in [0.4, 0.5) is 0 Å². The minimum Gasteiger partial charge on any atom is -0.258 e. The van der Waals surface area contributed by atoms with E-state index in [0.29, 0.717) is 11.3 Å². The van der Waals surface area contributed by atoms with Gasteiger partial charge in [-0.05, 0) is 19.1 Å². The summed E-state index contributed by atoms with van der Waals surface area (Å²) >= 11 is 1.48. The summed E-state index contributed by atoms with van der Waals surface area (Å²) in [6.45, 7) is 1.87. The molecular formula is C12H10N2O2S. The van der Waals surface area contributed by atoms with Crippen LogP contribution in [0.15, 0.2) is 35.7 Å². The largest absolute Gasteiger partial charge is 0.278 e. The molecule has 0 saturated heterocycles. The SMILES string of the molecule is Cc1nc(C=C(c2ccccc2)[N+](=O)[O-])cs1. The summed E-state index contributed by atoms with van der Waals surface area (Å²) in [6.07, 6.45) is 1.50. The van der Waals surface area contributed by atoms with E-state index < -0.39 is 0 Å². The highest BCUT2D eigenvalue weighted by molar-refractivity contribution is 7.09. The van der Waals surface area contributed by atoms with Crippen LogP contribution in [0.3, 0.4) is 0 Å². The fourth-order valence-corrected chi connectivity index (χ4v) is 2.01. The first-order chi connectivity index (χ1) is 8.16. The van der Waals surface area contributed by atoms with Gasteiger partial charge in [0.15, 0.2) is 0 Å². The van der Waals surface area contributed by atoms with E-state index in [4.69, 9.17) is 0 Å². The summed E-state index contributed by atoms with van der Waals surface area (Å²) in [4.78, 5) is 14.8. The molecule has 0 spiro atoms. The zero-order chi connectivity index (χ0) is 12.3. The second kappa shape index (κ2) is 4.88. The number of aromatic nitrogens is 1. The average molecular weight is 246 g/mol. The lowest BCUT2D eigenvalue weighted by molar-refractivity contribution is -0.374. The van der Waals surface area contributed by atoms with Crippen molar-refractivity contribution in [1.29, 1.82) is 0 Å². The van der Waals surface area contributed by atoms with Crippen molar-refractivity contribution >= 4 is 23.1 Å². The molecule has 0 aliphatic heterocycles. The molecule has 1 aromatic heterocycles. The fraction of sp³-hybridized carbons (Fsp3) is 0.0833. The first kappa shape index (κ1) is 11.5. The molecule has 0 radical (unpaired) electrons. The molecule has 17 heavy (non-hydrogen) atoms. The third-order valence-corrected chi connectivity index (χ3v) is 2.98. The van der Waals surface area contributed by atoms with Crippen molar-refractivity contribution in [2.24, 2.45) is 0 Å². The van der Waals surface area contributed by atoms with Gasteiger partial charge in [-0.15, -0.1) is 11.3 Å². The van der Waals surface area contributed by atoms with Crippen LogP contribution in [-0.2, 0) is 0 Å². The Morgan fingerprint density at radius 2 is 2.12 bits per heavy atom. The molecule has 0 amide bonds. The van der Waals surface area contributed by atoms with E-state index in [1.807, 2.05) is 18.4 Å². The van der Waals surface area contributed by atoms with E-state index in [1.54, 1.807) is 24.3 Å². The molecule has 2 aromatic rings. The fourth-order valence-electron chi connectivity index (χ4n) is 1.44. The van der Waals surface area contributed by atoms with Gasteiger partial charge in [-0.2, -0.15) is 0 Å². The first-order valence-corrected chi connectivity index (χ1v) is 5.88. The van der Waals surface area contributed by atoms with Crippen molar-refractivity contribution in [1.82, 2.24) is 4.98 Å². The third-order valence-electron chi connectivity index (χ3n) is 2.19. The normalized spacial score (nSPS) is 11.5. The molecule has 86 valence electrons. The Morgan fingerprint density at radius 1 is 1.41 bits per heavy atom. The predicted octanol–water partition coefficient (Wildman–Crippen LogP) is 3.23. The van der Waals surface area contributed by atoms with E-state index in [2.05, 4.69) is 4.98 Å². The van der Waals surface area contributed by atoms with Crippen molar-refractivity contribution in [3.8, 4) is 0 Å². The van der Waals surface area contributed by atoms with Crippen molar-refractivity contribution in [3.63, 3.8) is 0 Å². The lowest BCUT2D eigenvalue weighted by Gasteiger charge is -1.97. The first-order valence-electron chi connectivity index (χ1n) is 5.00. The Kier molecular flexibility index (Phi) is 3.30. The van der Waals surface area contributed by atoms with Gasteiger partial charge in [-0.1, -0.05) is 18.2 Å². The number of nitrogens with zero attached hydrogens (tertiary/aromatic N) is 2. The predicted molar refractivity (Wildman–Crippen MR) is 68.2 cm³/mol. The highest BCUT2D eigenvalue weighted by Crippen LogP contribution is 2.19. The molecule has 1 heterocycles. The summed E-state index contributed by atoms with van der Waals surface area (Å²) in [5.74, 6) is 0. The van der Waals surface area contributed by atoms with Gasteiger partial charge in [-0.25, -0.2) is 4.98 Å². The van der Waals surface area contributed by atoms with Gasteiger partial charge in [-0.3, -0.25) is 10.1 Å². The Hall–Kier alpha value is -2.01. The Balaban J connectivity index is 2.43. The molecule has 0 fully saturated rings. The van der Waals surface area contributed by atoms with Crippen LogP contribution in [0, 0.1) is 17.0 Å². The van der Waals surface area contributed by atoms with E-state index in [1.165, 1.54) is 17.4 Å². The van der Waals surface area contributed by atoms with Gasteiger partial charge in [0.05, 0.1) is 21.2 Å². The molecule has 0 aliphatic carbocycles. The number of hydrogen-bond acceptors (Lipinski definition) is 4. The highest BCUT2D eigenvalue weighted by Gasteiger charge is 2.14. The van der Waals surface area contributed by atoms with Gasteiger partial charge in [0, 0.05) is 11.5 Å². The van der Waals surface area contributed by atoms with E-state index in [0.717, 1.165) is 5.01 Å². The zero-order valence-electron chi connectivity index (χ0n) is 9.16. The number of thiazole rings is 1. The number of rotatable bonds is 3. The summed E-state index contributed by atoms with van der Waals surface area (Å²) < 4.78 is 0. The van der Waals surface area contributed by atoms with Gasteiger partial charge >= 0.3 is 0 Å². The lowest BCUT2D eigenvalue weighted by Crippen LogP contribution is -1.97. The molecule has 0 bridgehead atoms. The number of hydrogen-bond donors (Lipinski definition) is 0. The molecule has 5 heteroatoms. The van der Waals surface area contributed by atoms with Crippen LogP contribution in [-0.4, -0.2) is 9.91 Å². The number of nitro groups is 1. The Labute approximate surface area is 102 Å². The minimum absolute atomic E-state index is 0.0656. The minimum atomic E-state index is -0.385. The molecule has 0 atom stereocenters. The van der Waals surface area contributed by atoms with Crippen LogP contribution in [0.5, 0.6) is 0 Å². The van der Waals surface area contributed by atoms with Gasteiger partial charge in [0.1, 0.15) is 0 Å². The Morgan fingerprint density at radius 3 is 2.65 bits per heavy atom. The number of aryl methyl sites for hydroxylation is 1. The summed E-state index contributed by atoms with van der Waals surface area (Å²) in [6, 6.07) is 8.81. The maximum absolute atomic E-state index is 11.0. The second-order valence-electron chi connectivity index (χ2n) is 3.44. The molecular weight excluding hydrogens is 236 g/mol. The summed E-state index contributed by atoms with van der Waals surface area (Å²) in [5, 5.41) is 13.7. The molecule has 2 rings (SSSR count). The van der Waals surface area contributed by atoms with E-state index in [-0.39, 0.29) is 10.6 Å². The molecule has 0 saturated carbocycles. The second-order valence-corrected chi connectivity index (χ2v) is 4.51. The zero-order valence-corrected chi connectivity index (χ0v) is 9.98. The molecule has 0 unspecified atom stereocenters. The van der Waals surface area contributed by atoms with Crippen LogP contribution >= 0.6 is 11.3 Å². The molecule has 0 N–H and O–H groups in total. The van der Waals surface area contributed by atoms with E-state index in [9.17, 15) is 10.1 Å². The van der Waals surface area contributed by atoms with Gasteiger partial charge in [0.2, 0.25) is 0 Å². The molecule has 1 aromatic carbocycles. The monoisotopic (exact) mass is 246 g/mol. The van der Waals surface area contributed by atoms with Crippen LogP contribution in [0.25, 0.3) is 11.8 Å². The van der Waals surface area contributed by atoms with Gasteiger partial charge in [0.25, 0.3) is 5.70 Å². The third kappa shape index (κ3) is 2.76. The number of benzene rings is 1. The smallest absolute Gasteiger partial charge is 0.258 e. The standard InChI is InChI=1S/C12H10N2O2S/c1-9-13-11(8-17-9)7-12(14(15)16)10-5-3-2-4-6-10/h2-8H,1H3. The maximum atomic E-state index is 11.0. The molecule has 4 nitrogen and oxygen atoms in total. The van der Waals surface area contributed by atoms with Crippen molar-refractivity contribution < 1.29 is 4.92 Å². The lowest BCUT2D eigenvalue weighted by atomic mass is 10.1. The van der Waals surface area contributed by atoms with Crippen LogP contribution < -0.4 is 0 Å². The van der Waals surface area contributed by atoms with Crippen molar-refractivity contribution in [3.05, 3.63) is 62.1 Å². The topological polar surface area (TPSA) is 56.0 Å². The Bertz CT molecular complexity index is 561. The maximum Gasteiger partial charge on any atom is 0.278 e. The van der Waals surface area contributed by atoms with Crippen LogP contribution in [0.1, 0.15) is 16.3 Å². The van der Waals surface area contributed by atoms with Gasteiger partial charge < -0.3 is 0 Å². The highest BCUT2D eigenvalue weighted by atomic mass is 32.1. The van der Waals surface area contributed by atoms with Crippen molar-refractivity contribution in [2.45, 2.75) is 6.92 Å².